The summed E-state index contributed by atoms with van der Waals surface area (Å²) in [6.45, 7) is 1.30. The van der Waals surface area contributed by atoms with Crippen molar-refractivity contribution in [1.82, 2.24) is 9.55 Å². The number of nitrogens with zero attached hydrogens (tertiary/aromatic N) is 2. The van der Waals surface area contributed by atoms with Crippen LogP contribution in [0.15, 0.2) is 35.4 Å². The van der Waals surface area contributed by atoms with Gasteiger partial charge in [-0.25, -0.2) is 4.98 Å². The van der Waals surface area contributed by atoms with Gasteiger partial charge in [-0.1, -0.05) is 11.6 Å². The zero-order valence-electron chi connectivity index (χ0n) is 14.5. The molecule has 26 heavy (non-hydrogen) atoms. The summed E-state index contributed by atoms with van der Waals surface area (Å²) < 4.78 is 7.46. The molecule has 0 saturated carbocycles. The van der Waals surface area contributed by atoms with Gasteiger partial charge in [0.15, 0.2) is 0 Å². The average Bonchev–Trinajstić information content (AvgIpc) is 3.04. The van der Waals surface area contributed by atoms with Crippen molar-refractivity contribution < 1.29 is 4.74 Å². The summed E-state index contributed by atoms with van der Waals surface area (Å²) >= 11 is 7.56. The summed E-state index contributed by atoms with van der Waals surface area (Å²) in [5, 5.41) is 1.57. The van der Waals surface area contributed by atoms with Crippen LogP contribution in [0.1, 0.15) is 36.1 Å². The molecular weight excluding hydrogens is 368 g/mol. The Morgan fingerprint density at radius 1 is 1.15 bits per heavy atom. The SMILES string of the molecule is O=c1c2c3c(sc2ncn1CCCCOc1ccc(Cl)cc1)CCCC3. The van der Waals surface area contributed by atoms with Gasteiger partial charge in [-0.15, -0.1) is 11.3 Å². The zero-order chi connectivity index (χ0) is 17.9. The van der Waals surface area contributed by atoms with Crippen LogP contribution in [0.5, 0.6) is 5.75 Å². The number of rotatable bonds is 6. The second-order valence-electron chi connectivity index (χ2n) is 6.64. The topological polar surface area (TPSA) is 44.1 Å². The molecule has 4 rings (SSSR count). The van der Waals surface area contributed by atoms with Crippen molar-refractivity contribution in [2.75, 3.05) is 6.61 Å². The molecule has 0 saturated heterocycles. The van der Waals surface area contributed by atoms with Gasteiger partial charge in [0.2, 0.25) is 0 Å². The summed E-state index contributed by atoms with van der Waals surface area (Å²) in [7, 11) is 0. The summed E-state index contributed by atoms with van der Waals surface area (Å²) in [6, 6.07) is 7.37. The van der Waals surface area contributed by atoms with Gasteiger partial charge in [0.25, 0.3) is 5.56 Å². The summed E-state index contributed by atoms with van der Waals surface area (Å²) in [4.78, 5) is 19.7. The van der Waals surface area contributed by atoms with Gasteiger partial charge in [0, 0.05) is 16.4 Å². The third kappa shape index (κ3) is 3.64. The molecule has 3 aromatic rings. The highest BCUT2D eigenvalue weighted by molar-refractivity contribution is 7.18. The number of ether oxygens (including phenoxy) is 1. The van der Waals surface area contributed by atoms with Crippen LogP contribution < -0.4 is 10.3 Å². The van der Waals surface area contributed by atoms with Crippen LogP contribution in [0.3, 0.4) is 0 Å². The van der Waals surface area contributed by atoms with Crippen molar-refractivity contribution in [2.24, 2.45) is 0 Å². The molecule has 0 atom stereocenters. The second-order valence-corrected chi connectivity index (χ2v) is 8.16. The minimum atomic E-state index is 0.119. The van der Waals surface area contributed by atoms with Crippen molar-refractivity contribution in [3.05, 3.63) is 56.4 Å². The Kier molecular flexibility index (Phi) is 5.27. The van der Waals surface area contributed by atoms with E-state index in [2.05, 4.69) is 4.98 Å². The quantitative estimate of drug-likeness (QED) is 0.567. The average molecular weight is 389 g/mol. The molecule has 2 aromatic heterocycles. The second kappa shape index (κ2) is 7.80. The predicted molar refractivity (Wildman–Crippen MR) is 107 cm³/mol. The van der Waals surface area contributed by atoms with Crippen LogP contribution in [-0.4, -0.2) is 16.2 Å². The van der Waals surface area contributed by atoms with E-state index in [0.29, 0.717) is 18.2 Å². The Labute approximate surface area is 161 Å². The lowest BCUT2D eigenvalue weighted by atomic mass is 9.97. The molecule has 0 amide bonds. The van der Waals surface area contributed by atoms with Crippen LogP contribution in [0.25, 0.3) is 10.2 Å². The highest BCUT2D eigenvalue weighted by Crippen LogP contribution is 2.33. The van der Waals surface area contributed by atoms with Crippen molar-refractivity contribution in [2.45, 2.75) is 45.1 Å². The molecule has 0 aliphatic heterocycles. The van der Waals surface area contributed by atoms with Gasteiger partial charge in [0.05, 0.1) is 18.3 Å². The van der Waals surface area contributed by atoms with Crippen LogP contribution in [0.4, 0.5) is 0 Å². The molecule has 1 aromatic carbocycles. The molecular formula is C20H21ClN2O2S. The maximum absolute atomic E-state index is 12.9. The number of fused-ring (bicyclic) bond motifs is 3. The molecule has 1 aliphatic carbocycles. The standard InChI is InChI=1S/C20H21ClN2O2S/c21-14-7-9-15(10-8-14)25-12-4-3-11-23-13-22-19-18(20(23)24)16-5-1-2-6-17(16)26-19/h7-10,13H,1-6,11-12H2. The van der Waals surface area contributed by atoms with E-state index in [1.807, 2.05) is 24.3 Å². The van der Waals surface area contributed by atoms with Crippen LogP contribution >= 0.6 is 22.9 Å². The molecule has 0 unspecified atom stereocenters. The first-order valence-corrected chi connectivity index (χ1v) is 10.3. The number of aromatic nitrogens is 2. The van der Waals surface area contributed by atoms with Crippen LogP contribution in [0, 0.1) is 0 Å². The van der Waals surface area contributed by atoms with E-state index >= 15 is 0 Å². The third-order valence-electron chi connectivity index (χ3n) is 4.82. The molecule has 6 heteroatoms. The lowest BCUT2D eigenvalue weighted by molar-refractivity contribution is 0.303. The van der Waals surface area contributed by atoms with Gasteiger partial charge >= 0.3 is 0 Å². The molecule has 1 aliphatic rings. The van der Waals surface area contributed by atoms with E-state index in [1.165, 1.54) is 23.3 Å². The Hall–Kier alpha value is -1.85. The molecule has 0 fully saturated rings. The maximum atomic E-state index is 12.9. The first-order valence-electron chi connectivity index (χ1n) is 9.10. The highest BCUT2D eigenvalue weighted by Gasteiger charge is 2.19. The Morgan fingerprint density at radius 3 is 2.81 bits per heavy atom. The lowest BCUT2D eigenvalue weighted by Crippen LogP contribution is -2.21. The first kappa shape index (κ1) is 17.6. The van der Waals surface area contributed by atoms with E-state index in [1.54, 1.807) is 22.2 Å². The number of unbranched alkanes of at least 4 members (excludes halogenated alkanes) is 1. The zero-order valence-corrected chi connectivity index (χ0v) is 16.1. The number of benzene rings is 1. The number of hydrogen-bond acceptors (Lipinski definition) is 4. The van der Waals surface area contributed by atoms with Gasteiger partial charge < -0.3 is 4.74 Å². The molecule has 136 valence electrons. The van der Waals surface area contributed by atoms with Crippen molar-refractivity contribution in [3.8, 4) is 5.75 Å². The number of halogens is 1. The first-order chi connectivity index (χ1) is 12.7. The molecule has 0 bridgehead atoms. The van der Waals surface area contributed by atoms with Crippen molar-refractivity contribution >= 4 is 33.2 Å². The van der Waals surface area contributed by atoms with E-state index in [-0.39, 0.29) is 5.56 Å². The largest absolute Gasteiger partial charge is 0.494 e. The molecule has 0 N–H and O–H groups in total. The number of aryl methyl sites for hydroxylation is 3. The summed E-state index contributed by atoms with van der Waals surface area (Å²) in [5.74, 6) is 0.819. The fourth-order valence-corrected chi connectivity index (χ4v) is 4.79. The van der Waals surface area contributed by atoms with Crippen molar-refractivity contribution in [3.63, 3.8) is 0 Å². The fraction of sp³-hybridized carbons (Fsp3) is 0.400. The fourth-order valence-electron chi connectivity index (χ4n) is 3.45. The molecule has 0 radical (unpaired) electrons. The smallest absolute Gasteiger partial charge is 0.262 e. The lowest BCUT2D eigenvalue weighted by Gasteiger charge is -2.10. The van der Waals surface area contributed by atoms with Crippen LogP contribution in [-0.2, 0) is 19.4 Å². The number of thiophene rings is 1. The molecule has 4 nitrogen and oxygen atoms in total. The summed E-state index contributed by atoms with van der Waals surface area (Å²) in [5.41, 5.74) is 1.38. The van der Waals surface area contributed by atoms with Gasteiger partial charge in [0.1, 0.15) is 10.6 Å². The predicted octanol–water partition coefficient (Wildman–Crippen LogP) is 4.85. The van der Waals surface area contributed by atoms with E-state index < -0.39 is 0 Å². The summed E-state index contributed by atoms with van der Waals surface area (Å²) in [6.07, 6.45) is 7.98. The van der Waals surface area contributed by atoms with Crippen molar-refractivity contribution in [1.29, 1.82) is 0 Å². The van der Waals surface area contributed by atoms with E-state index in [4.69, 9.17) is 16.3 Å². The third-order valence-corrected chi connectivity index (χ3v) is 6.27. The minimum absolute atomic E-state index is 0.119. The highest BCUT2D eigenvalue weighted by atomic mass is 35.5. The minimum Gasteiger partial charge on any atom is -0.494 e. The van der Waals surface area contributed by atoms with Crippen LogP contribution in [0.2, 0.25) is 5.02 Å². The van der Waals surface area contributed by atoms with E-state index in [9.17, 15) is 4.79 Å². The molecule has 0 spiro atoms. The Balaban J connectivity index is 1.37. The van der Waals surface area contributed by atoms with E-state index in [0.717, 1.165) is 41.6 Å². The maximum Gasteiger partial charge on any atom is 0.262 e. The Morgan fingerprint density at radius 2 is 1.96 bits per heavy atom. The van der Waals surface area contributed by atoms with Gasteiger partial charge in [-0.05, 0) is 68.4 Å². The van der Waals surface area contributed by atoms with Gasteiger partial charge in [-0.3, -0.25) is 9.36 Å². The molecule has 2 heterocycles. The monoisotopic (exact) mass is 388 g/mol. The Bertz CT molecular complexity index is 962. The normalized spacial score (nSPS) is 13.7. The number of hydrogen-bond donors (Lipinski definition) is 0. The van der Waals surface area contributed by atoms with Gasteiger partial charge in [-0.2, -0.15) is 0 Å².